The molecule has 1 fully saturated rings. The van der Waals surface area contributed by atoms with Crippen LogP contribution in [0.1, 0.15) is 23.9 Å². The van der Waals surface area contributed by atoms with E-state index in [0.717, 1.165) is 47.9 Å². The molecule has 25 heavy (non-hydrogen) atoms. The number of benzene rings is 1. The van der Waals surface area contributed by atoms with E-state index in [2.05, 4.69) is 49.0 Å². The Morgan fingerprint density at radius 3 is 2.48 bits per heavy atom. The molecule has 0 aliphatic carbocycles. The number of halogens is 1. The summed E-state index contributed by atoms with van der Waals surface area (Å²) in [6.45, 7) is 8.66. The van der Waals surface area contributed by atoms with Crippen molar-refractivity contribution in [3.63, 3.8) is 0 Å². The van der Waals surface area contributed by atoms with Crippen LogP contribution >= 0.6 is 0 Å². The molecule has 4 rings (SSSR count). The molecule has 6 heteroatoms. The fourth-order valence-electron chi connectivity index (χ4n) is 3.13. The van der Waals surface area contributed by atoms with Gasteiger partial charge in [-0.1, -0.05) is 0 Å². The Kier molecular flexibility index (Phi) is 4.62. The molecule has 0 amide bonds. The SMILES string of the molecule is CCc1nc(N2CC[I-]CC2)cc(-n2ncc3cc(C)c(C)cc32)n1. The maximum absolute atomic E-state index is 4.78. The van der Waals surface area contributed by atoms with Gasteiger partial charge in [-0.05, 0) is 0 Å². The van der Waals surface area contributed by atoms with Crippen molar-refractivity contribution >= 4 is 16.7 Å². The number of alkyl halides is 2. The summed E-state index contributed by atoms with van der Waals surface area (Å²) in [5.41, 5.74) is 3.68. The monoisotopic (exact) mass is 448 g/mol. The Morgan fingerprint density at radius 2 is 1.72 bits per heavy atom. The van der Waals surface area contributed by atoms with E-state index in [9.17, 15) is 0 Å². The Labute approximate surface area is 158 Å². The average molecular weight is 448 g/mol. The van der Waals surface area contributed by atoms with Crippen LogP contribution in [0.4, 0.5) is 5.82 Å². The molecule has 0 N–H and O–H groups in total. The molecule has 0 radical (unpaired) electrons. The standard InChI is InChI=1S/C19H23IN5/c1-4-17-22-18(24-7-5-20-6-8-24)11-19(23-17)25-16-10-14(3)13(2)9-15(16)12-21-25/h9-12H,4-8H2,1-3H3/q-1. The van der Waals surface area contributed by atoms with Crippen molar-refractivity contribution in [3.8, 4) is 5.82 Å². The topological polar surface area (TPSA) is 46.8 Å². The molecule has 1 saturated heterocycles. The third-order valence-corrected chi connectivity index (χ3v) is 7.25. The number of hydrogen-bond acceptors (Lipinski definition) is 4. The third kappa shape index (κ3) is 3.23. The summed E-state index contributed by atoms with van der Waals surface area (Å²) in [6.07, 6.45) is 2.76. The fraction of sp³-hybridized carbons (Fsp3) is 0.421. The van der Waals surface area contributed by atoms with Gasteiger partial charge < -0.3 is 0 Å². The second-order valence-electron chi connectivity index (χ2n) is 6.46. The van der Waals surface area contributed by atoms with E-state index in [-0.39, 0.29) is 0 Å². The predicted molar refractivity (Wildman–Crippen MR) is 97.5 cm³/mol. The van der Waals surface area contributed by atoms with Gasteiger partial charge in [0.25, 0.3) is 0 Å². The number of aromatic nitrogens is 4. The normalized spacial score (nSPS) is 15.4. The first-order chi connectivity index (χ1) is 12.2. The first kappa shape index (κ1) is 16.8. The summed E-state index contributed by atoms with van der Waals surface area (Å²) < 4.78 is 4.66. The summed E-state index contributed by atoms with van der Waals surface area (Å²) in [6, 6.07) is 6.51. The van der Waals surface area contributed by atoms with Crippen molar-refractivity contribution in [2.75, 3.05) is 26.8 Å². The second-order valence-corrected chi connectivity index (χ2v) is 9.70. The number of rotatable bonds is 3. The fourth-order valence-corrected chi connectivity index (χ4v) is 5.52. The Balaban J connectivity index is 1.83. The number of aryl methyl sites for hydroxylation is 3. The molecule has 132 valence electrons. The van der Waals surface area contributed by atoms with Gasteiger partial charge in [-0.25, -0.2) is 0 Å². The van der Waals surface area contributed by atoms with Crippen molar-refractivity contribution in [1.82, 2.24) is 19.7 Å². The van der Waals surface area contributed by atoms with Crippen molar-refractivity contribution in [3.05, 3.63) is 41.3 Å². The zero-order chi connectivity index (χ0) is 17.4. The van der Waals surface area contributed by atoms with Gasteiger partial charge in [0.1, 0.15) is 0 Å². The third-order valence-electron chi connectivity index (χ3n) is 4.76. The van der Waals surface area contributed by atoms with Crippen LogP contribution in [-0.4, -0.2) is 41.7 Å². The maximum atomic E-state index is 4.78. The van der Waals surface area contributed by atoms with Crippen LogP contribution in [0.15, 0.2) is 24.4 Å². The van der Waals surface area contributed by atoms with Gasteiger partial charge in [0.15, 0.2) is 0 Å². The first-order valence-electron chi connectivity index (χ1n) is 8.77. The predicted octanol–water partition coefficient (Wildman–Crippen LogP) is -0.0963. The first-order valence-corrected chi connectivity index (χ1v) is 11.8. The van der Waals surface area contributed by atoms with Crippen LogP contribution in [0.3, 0.4) is 0 Å². The summed E-state index contributed by atoms with van der Waals surface area (Å²) in [7, 11) is 0. The number of anilines is 1. The van der Waals surface area contributed by atoms with Crippen LogP contribution < -0.4 is 26.1 Å². The molecule has 5 nitrogen and oxygen atoms in total. The van der Waals surface area contributed by atoms with Gasteiger partial charge >= 0.3 is 159 Å². The van der Waals surface area contributed by atoms with Gasteiger partial charge in [-0.2, -0.15) is 0 Å². The van der Waals surface area contributed by atoms with Crippen molar-refractivity contribution in [2.24, 2.45) is 0 Å². The van der Waals surface area contributed by atoms with Crippen LogP contribution in [0, 0.1) is 13.8 Å². The molecule has 0 unspecified atom stereocenters. The van der Waals surface area contributed by atoms with Crippen molar-refractivity contribution in [2.45, 2.75) is 27.2 Å². The Hall–Kier alpha value is -1.70. The average Bonchev–Trinajstić information content (AvgIpc) is 3.05. The van der Waals surface area contributed by atoms with Gasteiger partial charge in [0, 0.05) is 0 Å². The molecule has 3 heterocycles. The molecule has 0 atom stereocenters. The number of fused-ring (bicyclic) bond motifs is 1. The molecular formula is C19H23IN5-. The van der Waals surface area contributed by atoms with Crippen LogP contribution in [-0.2, 0) is 6.42 Å². The van der Waals surface area contributed by atoms with E-state index < -0.39 is 0 Å². The summed E-state index contributed by atoms with van der Waals surface area (Å²) in [4.78, 5) is 12.0. The number of hydrogen-bond donors (Lipinski definition) is 0. The number of nitrogens with zero attached hydrogens (tertiary/aromatic N) is 5. The van der Waals surface area contributed by atoms with Gasteiger partial charge in [-0.15, -0.1) is 0 Å². The van der Waals surface area contributed by atoms with Gasteiger partial charge in [0.2, 0.25) is 0 Å². The summed E-state index contributed by atoms with van der Waals surface area (Å²) in [5.74, 6) is 2.82. The van der Waals surface area contributed by atoms with E-state index in [1.165, 1.54) is 20.0 Å². The van der Waals surface area contributed by atoms with Gasteiger partial charge in [-0.3, -0.25) is 0 Å². The molecule has 2 aromatic heterocycles. The minimum absolute atomic E-state index is 0.406. The second kappa shape index (κ2) is 6.90. The molecule has 1 aromatic carbocycles. The Bertz CT molecular complexity index is 912. The summed E-state index contributed by atoms with van der Waals surface area (Å²) in [5, 5.41) is 5.78. The van der Waals surface area contributed by atoms with Crippen LogP contribution in [0.5, 0.6) is 0 Å². The molecule has 1 aliphatic heterocycles. The molecule has 3 aromatic rings. The van der Waals surface area contributed by atoms with E-state index in [4.69, 9.17) is 9.97 Å². The van der Waals surface area contributed by atoms with Crippen molar-refractivity contribution in [1.29, 1.82) is 0 Å². The quantitative estimate of drug-likeness (QED) is 0.415. The van der Waals surface area contributed by atoms with E-state index >= 15 is 0 Å². The van der Waals surface area contributed by atoms with E-state index in [1.54, 1.807) is 0 Å². The molecule has 0 bridgehead atoms. The van der Waals surface area contributed by atoms with Crippen LogP contribution in [0.2, 0.25) is 0 Å². The molecular weight excluding hydrogens is 425 g/mol. The zero-order valence-corrected chi connectivity index (χ0v) is 17.1. The molecule has 0 spiro atoms. The van der Waals surface area contributed by atoms with E-state index in [1.807, 2.05) is 10.9 Å². The van der Waals surface area contributed by atoms with Crippen LogP contribution in [0.25, 0.3) is 16.7 Å². The zero-order valence-electron chi connectivity index (χ0n) is 15.0. The molecule has 1 aliphatic rings. The molecule has 0 saturated carbocycles. The van der Waals surface area contributed by atoms with Crippen molar-refractivity contribution < 1.29 is 21.2 Å². The van der Waals surface area contributed by atoms with E-state index in [0.29, 0.717) is 21.2 Å². The summed E-state index contributed by atoms with van der Waals surface area (Å²) >= 11 is 0.406. The minimum atomic E-state index is 0.406. The van der Waals surface area contributed by atoms with Gasteiger partial charge in [0.05, 0.1) is 0 Å². The Morgan fingerprint density at radius 1 is 1.00 bits per heavy atom.